The lowest BCUT2D eigenvalue weighted by Gasteiger charge is -2.40. The van der Waals surface area contributed by atoms with Crippen molar-refractivity contribution in [3.63, 3.8) is 0 Å². The highest BCUT2D eigenvalue weighted by Crippen LogP contribution is 2.39. The van der Waals surface area contributed by atoms with Crippen molar-refractivity contribution in [1.29, 1.82) is 0 Å². The highest BCUT2D eigenvalue weighted by molar-refractivity contribution is 6.01. The summed E-state index contributed by atoms with van der Waals surface area (Å²) < 4.78 is 12.0. The summed E-state index contributed by atoms with van der Waals surface area (Å²) in [6.07, 6.45) is 4.35. The van der Waals surface area contributed by atoms with Gasteiger partial charge >= 0.3 is 12.2 Å². The smallest absolute Gasteiger partial charge is 0.414 e. The number of ether oxygens (including phenoxy) is 2. The Balaban J connectivity index is 1.64. The average Bonchev–Trinajstić information content (AvgIpc) is 3.55. The van der Waals surface area contributed by atoms with E-state index in [9.17, 15) is 14.4 Å². The molecule has 0 spiro atoms. The number of nitrogens with zero attached hydrogens (tertiary/aromatic N) is 5. The van der Waals surface area contributed by atoms with E-state index < -0.39 is 12.2 Å². The van der Waals surface area contributed by atoms with Gasteiger partial charge in [0.2, 0.25) is 5.91 Å². The van der Waals surface area contributed by atoms with Gasteiger partial charge < -0.3 is 14.4 Å². The molecule has 3 amide bonds. The summed E-state index contributed by atoms with van der Waals surface area (Å²) >= 11 is 0. The van der Waals surface area contributed by atoms with Gasteiger partial charge in [0.05, 0.1) is 43.4 Å². The minimum atomic E-state index is -0.496. The van der Waals surface area contributed by atoms with Crippen molar-refractivity contribution in [1.82, 2.24) is 14.7 Å². The largest absolute Gasteiger partial charge is 0.452 e. The second-order valence-electron chi connectivity index (χ2n) is 9.10. The summed E-state index contributed by atoms with van der Waals surface area (Å²) in [5, 5.41) is 4.35. The van der Waals surface area contributed by atoms with E-state index >= 15 is 0 Å². The minimum Gasteiger partial charge on any atom is -0.452 e. The SMILES string of the molecule is COC(=O)N1c2ccc(-c3cnn(CC(=O)N(C)C4CC4)c3)cc2N(C(=O)OC(C)C)CC1C. The number of carbonyl (C=O) groups excluding carboxylic acids is 3. The van der Waals surface area contributed by atoms with Crippen LogP contribution < -0.4 is 9.80 Å². The van der Waals surface area contributed by atoms with Crippen molar-refractivity contribution in [3.8, 4) is 11.1 Å². The minimum absolute atomic E-state index is 0.0212. The molecule has 0 bridgehead atoms. The quantitative estimate of drug-likeness (QED) is 0.665. The van der Waals surface area contributed by atoms with Gasteiger partial charge in [-0.2, -0.15) is 5.10 Å². The van der Waals surface area contributed by atoms with Crippen LogP contribution in [0.2, 0.25) is 0 Å². The summed E-state index contributed by atoms with van der Waals surface area (Å²) in [5.74, 6) is 0.0212. The molecule has 10 heteroatoms. The zero-order valence-electron chi connectivity index (χ0n) is 20.2. The number of fused-ring (bicyclic) bond motifs is 1. The summed E-state index contributed by atoms with van der Waals surface area (Å²) in [6.45, 7) is 5.86. The lowest BCUT2D eigenvalue weighted by Crippen LogP contribution is -2.52. The third-order valence-corrected chi connectivity index (χ3v) is 6.09. The maximum atomic E-state index is 12.9. The maximum absolute atomic E-state index is 12.9. The van der Waals surface area contributed by atoms with E-state index in [0.29, 0.717) is 17.4 Å². The highest BCUT2D eigenvalue weighted by Gasteiger charge is 2.36. The van der Waals surface area contributed by atoms with Gasteiger partial charge in [-0.15, -0.1) is 0 Å². The van der Waals surface area contributed by atoms with E-state index in [1.807, 2.05) is 26.1 Å². The molecule has 2 aromatic rings. The summed E-state index contributed by atoms with van der Waals surface area (Å²) in [7, 11) is 3.16. The van der Waals surface area contributed by atoms with Crippen molar-refractivity contribution in [2.75, 3.05) is 30.5 Å². The van der Waals surface area contributed by atoms with Gasteiger partial charge in [-0.1, -0.05) is 6.07 Å². The lowest BCUT2D eigenvalue weighted by molar-refractivity contribution is -0.131. The number of aromatic nitrogens is 2. The van der Waals surface area contributed by atoms with Gasteiger partial charge in [0.1, 0.15) is 6.54 Å². The van der Waals surface area contributed by atoms with E-state index in [1.165, 1.54) is 12.0 Å². The fraction of sp³-hybridized carbons (Fsp3) is 0.500. The molecule has 0 saturated heterocycles. The average molecular weight is 470 g/mol. The first kappa shape index (κ1) is 23.6. The molecular formula is C24H31N5O5. The molecule has 1 aromatic carbocycles. The number of rotatable bonds is 5. The Morgan fingerprint density at radius 2 is 1.88 bits per heavy atom. The van der Waals surface area contributed by atoms with Gasteiger partial charge in [-0.05, 0) is 51.3 Å². The fourth-order valence-corrected chi connectivity index (χ4v) is 4.13. The van der Waals surface area contributed by atoms with Crippen LogP contribution in [0.3, 0.4) is 0 Å². The Labute approximate surface area is 199 Å². The first-order chi connectivity index (χ1) is 16.2. The molecule has 1 aromatic heterocycles. The van der Waals surface area contributed by atoms with Crippen LogP contribution in [0.15, 0.2) is 30.6 Å². The van der Waals surface area contributed by atoms with Crippen LogP contribution in [0.4, 0.5) is 21.0 Å². The number of hydrogen-bond donors (Lipinski definition) is 0. The second kappa shape index (κ2) is 9.36. The Kier molecular flexibility index (Phi) is 6.49. The third kappa shape index (κ3) is 4.71. The van der Waals surface area contributed by atoms with Crippen molar-refractivity contribution in [2.45, 2.75) is 58.3 Å². The molecule has 4 rings (SSSR count). The van der Waals surface area contributed by atoms with E-state index in [1.54, 1.807) is 46.8 Å². The number of benzene rings is 1. The number of carbonyl (C=O) groups is 3. The summed E-state index contributed by atoms with van der Waals surface area (Å²) in [4.78, 5) is 42.7. The number of hydrogen-bond acceptors (Lipinski definition) is 6. The van der Waals surface area contributed by atoms with Gasteiger partial charge in [0.25, 0.3) is 0 Å². The van der Waals surface area contributed by atoms with Gasteiger partial charge in [0, 0.05) is 24.8 Å². The zero-order valence-corrected chi connectivity index (χ0v) is 20.2. The predicted molar refractivity (Wildman–Crippen MR) is 127 cm³/mol. The van der Waals surface area contributed by atoms with E-state index in [2.05, 4.69) is 5.10 Å². The third-order valence-electron chi connectivity index (χ3n) is 6.09. The van der Waals surface area contributed by atoms with Gasteiger partial charge in [-0.25, -0.2) is 9.59 Å². The molecule has 10 nitrogen and oxygen atoms in total. The Hall–Kier alpha value is -3.56. The molecule has 0 N–H and O–H groups in total. The molecule has 1 atom stereocenters. The molecule has 1 fully saturated rings. The monoisotopic (exact) mass is 469 g/mol. The van der Waals surface area contributed by atoms with E-state index in [0.717, 1.165) is 24.0 Å². The number of amides is 3. The molecule has 1 aliphatic carbocycles. The highest BCUT2D eigenvalue weighted by atomic mass is 16.6. The van der Waals surface area contributed by atoms with Crippen molar-refractivity contribution < 1.29 is 23.9 Å². The predicted octanol–water partition coefficient (Wildman–Crippen LogP) is 3.50. The Morgan fingerprint density at radius 3 is 2.53 bits per heavy atom. The summed E-state index contributed by atoms with van der Waals surface area (Å²) in [5.41, 5.74) is 2.70. The standard InChI is InChI=1S/C24H31N5O5/c1-15(2)34-23(31)28-12-16(3)29(24(32)33-5)20-9-6-17(10-21(20)28)18-11-25-27(13-18)14-22(30)26(4)19-7-8-19/h6,9-11,13,15-16,19H,7-8,12,14H2,1-5H3. The Morgan fingerprint density at radius 1 is 1.15 bits per heavy atom. The molecule has 1 unspecified atom stereocenters. The maximum Gasteiger partial charge on any atom is 0.414 e. The molecule has 182 valence electrons. The molecule has 2 aliphatic rings. The first-order valence-electron chi connectivity index (χ1n) is 11.5. The molecule has 34 heavy (non-hydrogen) atoms. The molecule has 1 saturated carbocycles. The lowest BCUT2D eigenvalue weighted by atomic mass is 10.0. The van der Waals surface area contributed by atoms with Crippen LogP contribution in [-0.2, 0) is 20.8 Å². The van der Waals surface area contributed by atoms with Crippen molar-refractivity contribution >= 4 is 29.5 Å². The first-order valence-corrected chi connectivity index (χ1v) is 11.5. The molecular weight excluding hydrogens is 438 g/mol. The normalized spacial score (nSPS) is 17.4. The van der Waals surface area contributed by atoms with Crippen molar-refractivity contribution in [3.05, 3.63) is 30.6 Å². The van der Waals surface area contributed by atoms with Crippen LogP contribution in [0.1, 0.15) is 33.6 Å². The van der Waals surface area contributed by atoms with Crippen LogP contribution >= 0.6 is 0 Å². The number of likely N-dealkylation sites (N-methyl/N-ethyl adjacent to an activating group) is 1. The number of anilines is 2. The van der Waals surface area contributed by atoms with Crippen molar-refractivity contribution in [2.24, 2.45) is 0 Å². The van der Waals surface area contributed by atoms with Crippen LogP contribution in [0.25, 0.3) is 11.1 Å². The van der Waals surface area contributed by atoms with Crippen LogP contribution in [-0.4, -0.2) is 71.7 Å². The van der Waals surface area contributed by atoms with Gasteiger partial charge in [-0.3, -0.25) is 19.3 Å². The molecule has 1 aliphatic heterocycles. The fourth-order valence-electron chi connectivity index (χ4n) is 4.13. The topological polar surface area (TPSA) is 97.2 Å². The van der Waals surface area contributed by atoms with E-state index in [4.69, 9.17) is 9.47 Å². The second-order valence-corrected chi connectivity index (χ2v) is 9.10. The van der Waals surface area contributed by atoms with Crippen LogP contribution in [0, 0.1) is 0 Å². The molecule has 0 radical (unpaired) electrons. The number of methoxy groups -OCH3 is 1. The molecule has 2 heterocycles. The Bertz CT molecular complexity index is 1090. The van der Waals surface area contributed by atoms with Gasteiger partial charge in [0.15, 0.2) is 0 Å². The van der Waals surface area contributed by atoms with E-state index in [-0.39, 0.29) is 31.1 Å². The summed E-state index contributed by atoms with van der Waals surface area (Å²) in [6, 6.07) is 5.52. The van der Waals surface area contributed by atoms with Crippen LogP contribution in [0.5, 0.6) is 0 Å². The zero-order chi connectivity index (χ0) is 24.6.